The molecule has 284 valence electrons. The van der Waals surface area contributed by atoms with Gasteiger partial charge >= 0.3 is 35.8 Å². The summed E-state index contributed by atoms with van der Waals surface area (Å²) in [6.07, 6.45) is -11.3. The Balaban J connectivity index is 1.99. The molecule has 1 aliphatic heterocycles. The normalized spacial score (nSPS) is 37.3. The second-order valence-corrected chi connectivity index (χ2v) is 14.8. The second-order valence-electron chi connectivity index (χ2n) is 14.8. The molecule has 0 spiro atoms. The smallest absolute Gasteiger partial charge is 0.338 e. The fourth-order valence-electron chi connectivity index (χ4n) is 9.29. The lowest BCUT2D eigenvalue weighted by Gasteiger charge is -2.69. The van der Waals surface area contributed by atoms with Gasteiger partial charge in [-0.3, -0.25) is 24.0 Å². The molecule has 2 saturated carbocycles. The molecule has 1 heterocycles. The van der Waals surface area contributed by atoms with Crippen molar-refractivity contribution in [2.45, 2.75) is 123 Å². The average molecular weight is 731 g/mol. The van der Waals surface area contributed by atoms with Gasteiger partial charge < -0.3 is 43.4 Å². The van der Waals surface area contributed by atoms with Crippen LogP contribution in [0.4, 0.5) is 0 Å². The van der Waals surface area contributed by atoms with Crippen molar-refractivity contribution in [2.24, 2.45) is 16.7 Å². The van der Waals surface area contributed by atoms with E-state index < -0.39 is 106 Å². The summed E-state index contributed by atoms with van der Waals surface area (Å²) in [6.45, 7) is 11.3. The molecule has 4 aliphatic rings. The maximum Gasteiger partial charge on any atom is 0.338 e. The third-order valence-corrected chi connectivity index (χ3v) is 11.3. The van der Waals surface area contributed by atoms with Crippen molar-refractivity contribution in [3.8, 4) is 0 Å². The number of ether oxygens (including phenoxy) is 7. The number of fused-ring (bicyclic) bond motifs is 5. The van der Waals surface area contributed by atoms with Crippen LogP contribution in [-0.2, 0) is 57.1 Å². The van der Waals surface area contributed by atoms with Crippen LogP contribution in [0.5, 0.6) is 0 Å². The van der Waals surface area contributed by atoms with Crippen LogP contribution < -0.4 is 0 Å². The maximum absolute atomic E-state index is 14.2. The molecule has 1 aromatic rings. The van der Waals surface area contributed by atoms with Crippen LogP contribution in [0.15, 0.2) is 41.5 Å². The number of hydrogen-bond acceptors (Lipinski definition) is 15. The summed E-state index contributed by atoms with van der Waals surface area (Å²) in [7, 11) is 0. The predicted octanol–water partition coefficient (Wildman–Crippen LogP) is 2.13. The van der Waals surface area contributed by atoms with E-state index in [0.29, 0.717) is 0 Å². The molecule has 0 amide bonds. The van der Waals surface area contributed by atoms with E-state index in [1.165, 1.54) is 39.8 Å². The molecule has 52 heavy (non-hydrogen) atoms. The topological polar surface area (TPSA) is 207 Å². The van der Waals surface area contributed by atoms with Crippen molar-refractivity contribution in [3.05, 3.63) is 47.0 Å². The summed E-state index contributed by atoms with van der Waals surface area (Å²) in [5, 5.41) is 25.9. The largest absolute Gasteiger partial charge is 0.462 e. The first-order chi connectivity index (χ1) is 24.1. The monoisotopic (exact) mass is 730 g/mol. The number of benzene rings is 1. The van der Waals surface area contributed by atoms with Crippen LogP contribution in [-0.4, -0.2) is 107 Å². The summed E-state index contributed by atoms with van der Waals surface area (Å²) in [4.78, 5) is 78.8. The number of aliphatic hydroxyl groups excluding tert-OH is 1. The van der Waals surface area contributed by atoms with Crippen molar-refractivity contribution >= 4 is 35.8 Å². The lowest BCUT2D eigenvalue weighted by atomic mass is 9.43. The van der Waals surface area contributed by atoms with Gasteiger partial charge in [-0.2, -0.15) is 0 Å². The number of aliphatic hydroxyl groups is 2. The fourth-order valence-corrected chi connectivity index (χ4v) is 9.29. The van der Waals surface area contributed by atoms with Gasteiger partial charge in [-0.25, -0.2) is 4.79 Å². The van der Waals surface area contributed by atoms with Crippen LogP contribution in [0.2, 0.25) is 0 Å². The Morgan fingerprint density at radius 1 is 0.750 bits per heavy atom. The van der Waals surface area contributed by atoms with Gasteiger partial charge in [-0.05, 0) is 30.2 Å². The van der Waals surface area contributed by atoms with Gasteiger partial charge in [0.2, 0.25) is 0 Å². The van der Waals surface area contributed by atoms with Crippen LogP contribution in [0.3, 0.4) is 0 Å². The number of rotatable bonds is 7. The van der Waals surface area contributed by atoms with Crippen LogP contribution >= 0.6 is 0 Å². The SMILES string of the molecule is CC(=O)O[C@@H]1C2=C(C)[C@@H](OC(C)=O)[C@H](O)[C@@](O)([C@@H](OC(=O)c3ccccc3)[C@@H]3[C@]4(OC(C)=O)CO[C@@H]4C[C@H](OC(C)=O)[C@@]3(C)[C@H]1OC(C)=O)C2(C)C. The average Bonchev–Trinajstić information content (AvgIpc) is 3.03. The summed E-state index contributed by atoms with van der Waals surface area (Å²) in [6, 6.07) is 7.77. The first-order valence-corrected chi connectivity index (χ1v) is 17.0. The molecular weight excluding hydrogens is 684 g/mol. The first-order valence-electron chi connectivity index (χ1n) is 17.0. The van der Waals surface area contributed by atoms with Crippen LogP contribution in [0.25, 0.3) is 0 Å². The van der Waals surface area contributed by atoms with Gasteiger partial charge in [0.25, 0.3) is 0 Å². The lowest BCUT2D eigenvalue weighted by Crippen LogP contribution is -2.84. The highest BCUT2D eigenvalue weighted by atomic mass is 16.6. The van der Waals surface area contributed by atoms with Gasteiger partial charge in [-0.1, -0.05) is 39.0 Å². The Kier molecular flexibility index (Phi) is 10.1. The van der Waals surface area contributed by atoms with Crippen molar-refractivity contribution in [3.63, 3.8) is 0 Å². The molecule has 2 N–H and O–H groups in total. The minimum atomic E-state index is -2.68. The zero-order chi connectivity index (χ0) is 38.7. The Morgan fingerprint density at radius 2 is 1.31 bits per heavy atom. The summed E-state index contributed by atoms with van der Waals surface area (Å²) >= 11 is 0. The van der Waals surface area contributed by atoms with E-state index in [1.807, 2.05) is 0 Å². The molecular formula is C37H46O15. The highest BCUT2D eigenvalue weighted by Gasteiger charge is 2.81. The van der Waals surface area contributed by atoms with E-state index in [1.54, 1.807) is 18.2 Å². The van der Waals surface area contributed by atoms with Gasteiger partial charge in [0, 0.05) is 46.5 Å². The third kappa shape index (κ3) is 5.96. The first kappa shape index (κ1) is 38.9. The molecule has 2 bridgehead atoms. The highest BCUT2D eigenvalue weighted by Crippen LogP contribution is 2.66. The molecule has 1 saturated heterocycles. The lowest BCUT2D eigenvalue weighted by molar-refractivity contribution is -0.371. The molecule has 0 unspecified atom stereocenters. The number of esters is 6. The Bertz CT molecular complexity index is 1680. The standard InChI is InChI=1S/C37H46O15/c1-17-26-28(49-20(4)40)31(50-21(5)41)35(9)24(47-18(2)38)15-25-36(16-46-25,52-22(6)42)29(35)32(51-33(44)23-13-11-10-12-14-23)37(45,34(26,7)8)30(43)27(17)48-19(3)39/h10-14,24-25,27-32,43,45H,15-16H2,1-9H3/t24-,25+,27+,28+,29-,30-,31-,32-,35+,36-,37+/m0/s1. The summed E-state index contributed by atoms with van der Waals surface area (Å²) < 4.78 is 42.1. The van der Waals surface area contributed by atoms with Crippen LogP contribution in [0.1, 0.15) is 79.1 Å². The molecule has 3 fully saturated rings. The third-order valence-electron chi connectivity index (χ3n) is 11.3. The van der Waals surface area contributed by atoms with E-state index in [4.69, 9.17) is 33.2 Å². The minimum Gasteiger partial charge on any atom is -0.462 e. The zero-order valence-electron chi connectivity index (χ0n) is 30.6. The van der Waals surface area contributed by atoms with Crippen molar-refractivity contribution in [1.82, 2.24) is 0 Å². The Hall–Kier alpha value is -4.34. The molecule has 0 aromatic heterocycles. The van der Waals surface area contributed by atoms with Gasteiger partial charge in [0.1, 0.15) is 30.0 Å². The highest BCUT2D eigenvalue weighted by molar-refractivity contribution is 5.89. The van der Waals surface area contributed by atoms with E-state index in [9.17, 15) is 39.0 Å². The number of hydrogen-bond donors (Lipinski definition) is 2. The van der Waals surface area contributed by atoms with E-state index in [-0.39, 0.29) is 29.7 Å². The minimum absolute atomic E-state index is 0.0473. The predicted molar refractivity (Wildman–Crippen MR) is 176 cm³/mol. The van der Waals surface area contributed by atoms with E-state index in [0.717, 1.165) is 34.6 Å². The van der Waals surface area contributed by atoms with E-state index in [2.05, 4.69) is 0 Å². The molecule has 5 rings (SSSR count). The van der Waals surface area contributed by atoms with Gasteiger partial charge in [0.15, 0.2) is 23.9 Å². The summed E-state index contributed by atoms with van der Waals surface area (Å²) in [5.74, 6) is -6.61. The Labute approximate surface area is 300 Å². The maximum atomic E-state index is 14.2. The zero-order valence-corrected chi connectivity index (χ0v) is 30.6. The number of carbonyl (C=O) groups is 6. The molecule has 3 aliphatic carbocycles. The number of carbonyl (C=O) groups excluding carboxylic acids is 6. The van der Waals surface area contributed by atoms with E-state index >= 15 is 0 Å². The van der Waals surface area contributed by atoms with Crippen molar-refractivity contribution in [1.29, 1.82) is 0 Å². The Morgan fingerprint density at radius 3 is 1.81 bits per heavy atom. The molecule has 0 radical (unpaired) electrons. The quantitative estimate of drug-likeness (QED) is 0.234. The van der Waals surface area contributed by atoms with Crippen molar-refractivity contribution in [2.75, 3.05) is 6.61 Å². The molecule has 15 nitrogen and oxygen atoms in total. The second kappa shape index (κ2) is 13.6. The van der Waals surface area contributed by atoms with Gasteiger partial charge in [-0.15, -0.1) is 0 Å². The van der Waals surface area contributed by atoms with Crippen molar-refractivity contribution < 1.29 is 72.1 Å². The van der Waals surface area contributed by atoms with Crippen LogP contribution in [0, 0.1) is 16.7 Å². The molecule has 11 atom stereocenters. The molecule has 1 aromatic carbocycles. The fraction of sp³-hybridized carbons (Fsp3) is 0.622. The van der Waals surface area contributed by atoms with Gasteiger partial charge in [0.05, 0.1) is 23.5 Å². The molecule has 15 heteroatoms. The summed E-state index contributed by atoms with van der Waals surface area (Å²) in [5.41, 5.74) is -7.83.